The van der Waals surface area contributed by atoms with Crippen LogP contribution < -0.4 is 14.2 Å². The molecule has 0 amide bonds. The summed E-state index contributed by atoms with van der Waals surface area (Å²) >= 11 is 2.72. The summed E-state index contributed by atoms with van der Waals surface area (Å²) in [4.78, 5) is 35.4. The average Bonchev–Trinajstić information content (AvgIpc) is 3.53. The van der Waals surface area contributed by atoms with Gasteiger partial charge in [-0.25, -0.2) is 4.39 Å². The predicted molar refractivity (Wildman–Crippen MR) is 152 cm³/mol. The van der Waals surface area contributed by atoms with Crippen molar-refractivity contribution in [1.29, 1.82) is 0 Å². The fraction of sp³-hybridized carbons (Fsp3) is 0.345. The molecule has 0 aliphatic rings. The molecule has 2 N–H and O–H groups in total. The number of fused-ring (bicyclic) bond motifs is 2. The molecule has 0 saturated heterocycles. The molecule has 212 valence electrons. The number of aliphatic carboxylic acids is 2. The fourth-order valence-electron chi connectivity index (χ4n) is 4.39. The van der Waals surface area contributed by atoms with Crippen LogP contribution in [0.15, 0.2) is 30.3 Å². The average molecular weight is 589 g/mol. The van der Waals surface area contributed by atoms with Gasteiger partial charge in [0.05, 0.1) is 32.1 Å². The van der Waals surface area contributed by atoms with E-state index in [0.717, 1.165) is 20.5 Å². The second-order valence-corrected chi connectivity index (χ2v) is 11.4. The Bertz CT molecular complexity index is 1550. The molecule has 11 heteroatoms. The number of thiophene rings is 2. The second-order valence-electron chi connectivity index (χ2n) is 9.18. The van der Waals surface area contributed by atoms with Gasteiger partial charge in [0.2, 0.25) is 0 Å². The number of rotatable bonds is 15. The molecular weight excluding hydrogens is 559 g/mol. The summed E-state index contributed by atoms with van der Waals surface area (Å²) in [6.45, 7) is 0.220. The zero-order chi connectivity index (χ0) is 28.8. The Morgan fingerprint density at radius 2 is 1.55 bits per heavy atom. The van der Waals surface area contributed by atoms with Crippen LogP contribution in [-0.4, -0.2) is 48.8 Å². The smallest absolute Gasteiger partial charge is 0.303 e. The lowest BCUT2D eigenvalue weighted by Gasteiger charge is -2.13. The molecule has 0 aliphatic carbocycles. The maximum atomic E-state index is 15.4. The number of ketones is 1. The van der Waals surface area contributed by atoms with E-state index >= 15 is 4.39 Å². The third-order valence-corrected chi connectivity index (χ3v) is 8.65. The molecule has 2 heterocycles. The van der Waals surface area contributed by atoms with Crippen LogP contribution in [-0.2, 0) is 22.4 Å². The summed E-state index contributed by atoms with van der Waals surface area (Å²) in [7, 11) is 3.02. The normalized spacial score (nSPS) is 11.2. The highest BCUT2D eigenvalue weighted by Crippen LogP contribution is 2.40. The Labute approximate surface area is 237 Å². The first kappa shape index (κ1) is 29.3. The first-order valence-corrected chi connectivity index (χ1v) is 14.3. The van der Waals surface area contributed by atoms with Gasteiger partial charge in [-0.05, 0) is 60.9 Å². The van der Waals surface area contributed by atoms with Gasteiger partial charge in [-0.15, -0.1) is 22.7 Å². The van der Waals surface area contributed by atoms with E-state index in [4.69, 9.17) is 24.4 Å². The number of Topliss-reactive ketones (excluding diaryl/α,β-unsaturated/α-hetero) is 1. The molecule has 8 nitrogen and oxygen atoms in total. The second kappa shape index (κ2) is 13.1. The van der Waals surface area contributed by atoms with Crippen LogP contribution in [0, 0.1) is 5.82 Å². The molecule has 0 bridgehead atoms. The van der Waals surface area contributed by atoms with Crippen LogP contribution in [0.2, 0.25) is 0 Å². The van der Waals surface area contributed by atoms with Crippen molar-refractivity contribution in [2.45, 2.75) is 44.9 Å². The monoisotopic (exact) mass is 588 g/mol. The number of ether oxygens (including phenoxy) is 3. The topological polar surface area (TPSA) is 119 Å². The van der Waals surface area contributed by atoms with Crippen molar-refractivity contribution >= 4 is 60.6 Å². The van der Waals surface area contributed by atoms with Crippen LogP contribution in [0.4, 0.5) is 4.39 Å². The number of benzene rings is 2. The molecule has 0 spiro atoms. The largest absolute Gasteiger partial charge is 0.496 e. The van der Waals surface area contributed by atoms with Gasteiger partial charge >= 0.3 is 11.9 Å². The standard InChI is InChI=1S/C29H29FO8S2/c1-36-21-14-23-17(12-25(40-23)20(31)8-9-27(34)35)11-16(21)5-4-10-38-29-22(37-2)15-24-19(28(29)30)13-18(39-24)6-3-7-26(32)33/h11-15H,3-10H2,1-2H3,(H,32,33)(H,34,35). The van der Waals surface area contributed by atoms with Crippen molar-refractivity contribution < 1.29 is 43.2 Å². The van der Waals surface area contributed by atoms with E-state index in [1.807, 2.05) is 12.1 Å². The van der Waals surface area contributed by atoms with Crippen molar-refractivity contribution in [2.24, 2.45) is 0 Å². The number of hydrogen-bond acceptors (Lipinski definition) is 8. The number of carbonyl (C=O) groups is 3. The van der Waals surface area contributed by atoms with Gasteiger partial charge in [-0.3, -0.25) is 14.4 Å². The van der Waals surface area contributed by atoms with E-state index < -0.39 is 17.8 Å². The van der Waals surface area contributed by atoms with Crippen molar-refractivity contribution in [3.8, 4) is 17.2 Å². The minimum absolute atomic E-state index is 0.0367. The highest BCUT2D eigenvalue weighted by Gasteiger charge is 2.19. The number of methoxy groups -OCH3 is 2. The molecule has 4 aromatic rings. The summed E-state index contributed by atoms with van der Waals surface area (Å²) in [6.07, 6.45) is 1.97. The highest BCUT2D eigenvalue weighted by molar-refractivity contribution is 7.21. The summed E-state index contributed by atoms with van der Waals surface area (Å²) in [5.74, 6) is -1.58. The lowest BCUT2D eigenvalue weighted by molar-refractivity contribution is -0.138. The van der Waals surface area contributed by atoms with Gasteiger partial charge in [0.15, 0.2) is 23.1 Å². The quantitative estimate of drug-likeness (QED) is 0.116. The van der Waals surface area contributed by atoms with Crippen molar-refractivity contribution in [1.82, 2.24) is 0 Å². The van der Waals surface area contributed by atoms with Crippen LogP contribution in [0.5, 0.6) is 17.2 Å². The first-order chi connectivity index (χ1) is 19.2. The van der Waals surface area contributed by atoms with E-state index in [2.05, 4.69) is 0 Å². The zero-order valence-corrected chi connectivity index (χ0v) is 23.7. The van der Waals surface area contributed by atoms with Gasteiger partial charge in [0, 0.05) is 38.6 Å². The number of halogens is 1. The third-order valence-electron chi connectivity index (χ3n) is 6.36. The van der Waals surface area contributed by atoms with Crippen LogP contribution in [0.3, 0.4) is 0 Å². The summed E-state index contributed by atoms with van der Waals surface area (Å²) in [6, 6.07) is 9.07. The summed E-state index contributed by atoms with van der Waals surface area (Å²) < 4.78 is 33.8. The van der Waals surface area contributed by atoms with Gasteiger partial charge in [-0.1, -0.05) is 0 Å². The minimum Gasteiger partial charge on any atom is -0.496 e. The van der Waals surface area contributed by atoms with E-state index in [-0.39, 0.29) is 37.4 Å². The Balaban J connectivity index is 1.44. The number of aryl methyl sites for hydroxylation is 2. The van der Waals surface area contributed by atoms with Crippen LogP contribution in [0.1, 0.15) is 52.2 Å². The fourth-order valence-corrected chi connectivity index (χ4v) is 6.56. The predicted octanol–water partition coefficient (Wildman–Crippen LogP) is 6.74. The maximum absolute atomic E-state index is 15.4. The van der Waals surface area contributed by atoms with Gasteiger partial charge in [0.25, 0.3) is 0 Å². The Morgan fingerprint density at radius 3 is 2.25 bits per heavy atom. The summed E-state index contributed by atoms with van der Waals surface area (Å²) in [5, 5.41) is 19.0. The molecule has 2 aromatic heterocycles. The summed E-state index contributed by atoms with van der Waals surface area (Å²) in [5.41, 5.74) is 0.910. The molecule has 0 fully saturated rings. The highest BCUT2D eigenvalue weighted by atomic mass is 32.1. The Morgan fingerprint density at radius 1 is 0.825 bits per heavy atom. The minimum atomic E-state index is -1.01. The lowest BCUT2D eigenvalue weighted by Crippen LogP contribution is -2.03. The third kappa shape index (κ3) is 6.89. The van der Waals surface area contributed by atoms with Gasteiger partial charge < -0.3 is 24.4 Å². The number of carboxylic acids is 2. The molecule has 2 aromatic carbocycles. The number of carboxylic acid groups (broad SMARTS) is 2. The SMILES string of the molecule is COc1cc2sc(C(=O)CCC(=O)O)cc2cc1CCCOc1c(OC)cc2sc(CCCC(=O)O)cc2c1F. The molecule has 0 radical (unpaired) electrons. The van der Waals surface area contributed by atoms with E-state index in [1.54, 1.807) is 25.3 Å². The molecule has 0 atom stereocenters. The molecule has 40 heavy (non-hydrogen) atoms. The molecular formula is C29H29FO8S2. The van der Waals surface area contributed by atoms with E-state index in [0.29, 0.717) is 52.1 Å². The number of carbonyl (C=O) groups excluding carboxylic acids is 1. The zero-order valence-electron chi connectivity index (χ0n) is 22.1. The molecule has 0 saturated carbocycles. The van der Waals surface area contributed by atoms with E-state index in [1.165, 1.54) is 29.8 Å². The van der Waals surface area contributed by atoms with Crippen molar-refractivity contribution in [3.05, 3.63) is 51.5 Å². The number of hydrogen-bond donors (Lipinski definition) is 2. The van der Waals surface area contributed by atoms with Gasteiger partial charge in [0.1, 0.15) is 5.75 Å². The lowest BCUT2D eigenvalue weighted by atomic mass is 10.1. The van der Waals surface area contributed by atoms with E-state index in [9.17, 15) is 14.4 Å². The first-order valence-electron chi connectivity index (χ1n) is 12.7. The Kier molecular flexibility index (Phi) is 9.59. The maximum Gasteiger partial charge on any atom is 0.303 e. The van der Waals surface area contributed by atoms with Gasteiger partial charge in [-0.2, -0.15) is 0 Å². The molecule has 0 aliphatic heterocycles. The molecule has 4 rings (SSSR count). The van der Waals surface area contributed by atoms with Crippen LogP contribution in [0.25, 0.3) is 20.2 Å². The van der Waals surface area contributed by atoms with Crippen molar-refractivity contribution in [2.75, 3.05) is 20.8 Å². The van der Waals surface area contributed by atoms with Crippen LogP contribution >= 0.6 is 22.7 Å². The Hall–Kier alpha value is -3.70. The van der Waals surface area contributed by atoms with Crippen molar-refractivity contribution in [3.63, 3.8) is 0 Å². The molecule has 0 unspecified atom stereocenters.